The molecular formula is C37H29ClN2O5. The van der Waals surface area contributed by atoms with Crippen molar-refractivity contribution in [1.82, 2.24) is 4.90 Å². The van der Waals surface area contributed by atoms with Crippen LogP contribution in [-0.4, -0.2) is 40.7 Å². The van der Waals surface area contributed by atoms with Crippen molar-refractivity contribution in [3.63, 3.8) is 0 Å². The Hall–Kier alpha value is -4.75. The molecule has 8 heteroatoms. The molecule has 6 unspecified atom stereocenters. The Morgan fingerprint density at radius 1 is 0.822 bits per heavy atom. The molecule has 0 aromatic heterocycles. The standard InChI is InChI=1S/C37H29ClN2O5/c1-39-33(42)26-17-16-25-28(30(26)35(39)44)19-29-34(43)40(23-12-7-11-22(38)18-23)36(45)37(29,21-9-3-2-4-10-21)31(25)27-15-14-20-8-5-6-13-24(20)32(27)41/h2-16,18,26,28-31,41H,17,19H2,1H3. The molecule has 2 aliphatic carbocycles. The van der Waals surface area contributed by atoms with E-state index in [9.17, 15) is 19.5 Å². The van der Waals surface area contributed by atoms with Gasteiger partial charge in [0, 0.05) is 28.9 Å². The van der Waals surface area contributed by atoms with Crippen LogP contribution in [0.5, 0.6) is 5.75 Å². The molecule has 224 valence electrons. The number of phenols is 1. The number of benzene rings is 4. The first-order valence-corrected chi connectivity index (χ1v) is 15.5. The number of anilines is 1. The van der Waals surface area contributed by atoms with Gasteiger partial charge < -0.3 is 5.11 Å². The molecule has 8 rings (SSSR count). The Kier molecular flexibility index (Phi) is 6.10. The van der Waals surface area contributed by atoms with Crippen LogP contribution in [0.3, 0.4) is 0 Å². The Labute approximate surface area is 264 Å². The molecule has 1 saturated carbocycles. The fourth-order valence-electron chi connectivity index (χ4n) is 8.75. The van der Waals surface area contributed by atoms with Crippen LogP contribution in [0.1, 0.15) is 29.9 Å². The second kappa shape index (κ2) is 9.88. The number of hydrogen-bond acceptors (Lipinski definition) is 5. The summed E-state index contributed by atoms with van der Waals surface area (Å²) in [5.74, 6) is -4.56. The maximum absolute atomic E-state index is 15.2. The molecule has 4 amide bonds. The molecule has 2 saturated heterocycles. The minimum Gasteiger partial charge on any atom is -0.507 e. The summed E-state index contributed by atoms with van der Waals surface area (Å²) in [5.41, 5.74) is 0.907. The minimum absolute atomic E-state index is 0.0308. The van der Waals surface area contributed by atoms with E-state index in [2.05, 4.69) is 0 Å². The maximum Gasteiger partial charge on any atom is 0.246 e. The molecule has 2 aliphatic heterocycles. The molecule has 7 nitrogen and oxygen atoms in total. The van der Waals surface area contributed by atoms with E-state index in [0.717, 1.165) is 11.0 Å². The van der Waals surface area contributed by atoms with E-state index >= 15 is 4.79 Å². The van der Waals surface area contributed by atoms with Gasteiger partial charge >= 0.3 is 0 Å². The third-order valence-electron chi connectivity index (χ3n) is 10.6. The number of likely N-dealkylation sites (tertiary alicyclic amines) is 1. The zero-order chi connectivity index (χ0) is 31.2. The van der Waals surface area contributed by atoms with Crippen molar-refractivity contribution in [1.29, 1.82) is 0 Å². The minimum atomic E-state index is -1.44. The van der Waals surface area contributed by atoms with E-state index in [4.69, 9.17) is 11.6 Å². The third-order valence-corrected chi connectivity index (χ3v) is 10.9. The first-order valence-electron chi connectivity index (χ1n) is 15.2. The summed E-state index contributed by atoms with van der Waals surface area (Å²) in [6.45, 7) is 0. The van der Waals surface area contributed by atoms with Crippen LogP contribution in [0, 0.1) is 23.7 Å². The lowest BCUT2D eigenvalue weighted by atomic mass is 9.49. The molecule has 0 radical (unpaired) electrons. The number of carbonyl (C=O) groups excluding carboxylic acids is 4. The van der Waals surface area contributed by atoms with Crippen molar-refractivity contribution in [2.24, 2.45) is 23.7 Å². The number of rotatable bonds is 3. The second-order valence-electron chi connectivity index (χ2n) is 12.6. The van der Waals surface area contributed by atoms with E-state index in [1.165, 1.54) is 16.8 Å². The quantitative estimate of drug-likeness (QED) is 0.225. The van der Waals surface area contributed by atoms with Crippen LogP contribution in [0.4, 0.5) is 5.69 Å². The molecule has 1 N–H and O–H groups in total. The van der Waals surface area contributed by atoms with Gasteiger partial charge in [-0.05, 0) is 47.9 Å². The number of phenolic OH excluding ortho intramolecular Hbond substituents is 1. The SMILES string of the molecule is CN1C(=O)C2CC=C3C(CC4C(=O)N(c5cccc(Cl)c5)C(=O)C4(c4ccccc4)C3c3ccc4ccccc4c3O)C2C1=O. The molecular weight excluding hydrogens is 588 g/mol. The normalized spacial score (nSPS) is 29.1. The van der Waals surface area contributed by atoms with Crippen molar-refractivity contribution in [2.75, 3.05) is 11.9 Å². The van der Waals surface area contributed by atoms with Gasteiger partial charge in [-0.2, -0.15) is 0 Å². The van der Waals surface area contributed by atoms with Crippen LogP contribution in [0.25, 0.3) is 10.8 Å². The third kappa shape index (κ3) is 3.64. The predicted octanol–water partition coefficient (Wildman–Crippen LogP) is 5.99. The smallest absolute Gasteiger partial charge is 0.246 e. The molecule has 3 fully saturated rings. The first kappa shape index (κ1) is 27.8. The number of carbonyl (C=O) groups is 4. The maximum atomic E-state index is 15.2. The number of hydrogen-bond donors (Lipinski definition) is 1. The lowest BCUT2D eigenvalue weighted by molar-refractivity contribution is -0.138. The lowest BCUT2D eigenvalue weighted by Gasteiger charge is -2.50. The average Bonchev–Trinajstić information content (AvgIpc) is 3.42. The zero-order valence-corrected chi connectivity index (χ0v) is 25.1. The molecule has 0 spiro atoms. The monoisotopic (exact) mass is 616 g/mol. The number of fused-ring (bicyclic) bond motifs is 5. The Bertz CT molecular complexity index is 1990. The van der Waals surface area contributed by atoms with Gasteiger partial charge in [0.15, 0.2) is 0 Å². The summed E-state index contributed by atoms with van der Waals surface area (Å²) in [4.78, 5) is 59.2. The number of aromatic hydroxyl groups is 1. The topological polar surface area (TPSA) is 95.0 Å². The van der Waals surface area contributed by atoms with Crippen molar-refractivity contribution in [2.45, 2.75) is 24.2 Å². The number of halogens is 1. The largest absolute Gasteiger partial charge is 0.507 e. The van der Waals surface area contributed by atoms with Crippen LogP contribution in [-0.2, 0) is 24.6 Å². The summed E-state index contributed by atoms with van der Waals surface area (Å²) >= 11 is 6.36. The molecule has 4 aromatic carbocycles. The zero-order valence-electron chi connectivity index (χ0n) is 24.4. The highest BCUT2D eigenvalue weighted by Crippen LogP contribution is 2.65. The fraction of sp³-hybridized carbons (Fsp3) is 0.243. The molecule has 4 aliphatic rings. The summed E-state index contributed by atoms with van der Waals surface area (Å²) in [5, 5.41) is 13.8. The van der Waals surface area contributed by atoms with E-state index < -0.39 is 40.9 Å². The van der Waals surface area contributed by atoms with Crippen LogP contribution in [0.2, 0.25) is 5.02 Å². The molecule has 6 atom stereocenters. The molecule has 0 bridgehead atoms. The number of imide groups is 2. The first-order chi connectivity index (χ1) is 21.7. The van der Waals surface area contributed by atoms with Crippen LogP contribution in [0.15, 0.2) is 103 Å². The van der Waals surface area contributed by atoms with Gasteiger partial charge in [-0.3, -0.25) is 24.1 Å². The van der Waals surface area contributed by atoms with E-state index in [0.29, 0.717) is 33.6 Å². The van der Waals surface area contributed by atoms with Crippen LogP contribution < -0.4 is 4.90 Å². The summed E-state index contributed by atoms with van der Waals surface area (Å²) in [6, 6.07) is 27.2. The Morgan fingerprint density at radius 3 is 2.36 bits per heavy atom. The summed E-state index contributed by atoms with van der Waals surface area (Å²) < 4.78 is 0. The van der Waals surface area contributed by atoms with Gasteiger partial charge in [0.2, 0.25) is 23.6 Å². The van der Waals surface area contributed by atoms with E-state index in [1.54, 1.807) is 24.3 Å². The number of nitrogens with zero attached hydrogens (tertiary/aromatic N) is 2. The highest BCUT2D eigenvalue weighted by Gasteiger charge is 2.70. The Balaban J connectivity index is 1.44. The van der Waals surface area contributed by atoms with Crippen molar-refractivity contribution < 1.29 is 24.3 Å². The van der Waals surface area contributed by atoms with Crippen molar-refractivity contribution in [3.8, 4) is 5.75 Å². The highest BCUT2D eigenvalue weighted by molar-refractivity contribution is 6.32. The van der Waals surface area contributed by atoms with Crippen LogP contribution >= 0.6 is 11.6 Å². The van der Waals surface area contributed by atoms with Crippen molar-refractivity contribution >= 4 is 51.7 Å². The molecule has 4 aromatic rings. The van der Waals surface area contributed by atoms with Gasteiger partial charge in [-0.1, -0.05) is 96.0 Å². The van der Waals surface area contributed by atoms with Gasteiger partial charge in [-0.25, -0.2) is 4.90 Å². The van der Waals surface area contributed by atoms with Gasteiger partial charge in [0.25, 0.3) is 0 Å². The van der Waals surface area contributed by atoms with Gasteiger partial charge in [0.05, 0.1) is 28.9 Å². The number of allylic oxidation sites excluding steroid dienone is 2. The second-order valence-corrected chi connectivity index (χ2v) is 13.0. The summed E-state index contributed by atoms with van der Waals surface area (Å²) in [7, 11) is 1.51. The van der Waals surface area contributed by atoms with E-state index in [1.807, 2.05) is 72.8 Å². The lowest BCUT2D eigenvalue weighted by Crippen LogP contribution is -2.53. The predicted molar refractivity (Wildman–Crippen MR) is 169 cm³/mol. The van der Waals surface area contributed by atoms with Gasteiger partial charge in [-0.15, -0.1) is 0 Å². The van der Waals surface area contributed by atoms with Crippen molar-refractivity contribution in [3.05, 3.63) is 119 Å². The molecule has 2 heterocycles. The number of amides is 4. The highest BCUT2D eigenvalue weighted by atomic mass is 35.5. The van der Waals surface area contributed by atoms with Gasteiger partial charge in [0.1, 0.15) is 5.75 Å². The molecule has 45 heavy (non-hydrogen) atoms. The summed E-state index contributed by atoms with van der Waals surface area (Å²) in [6.07, 6.45) is 2.54. The average molecular weight is 617 g/mol. The fourth-order valence-corrected chi connectivity index (χ4v) is 8.94. The Morgan fingerprint density at radius 2 is 1.58 bits per heavy atom. The van der Waals surface area contributed by atoms with E-state index in [-0.39, 0.29) is 29.9 Å².